The Morgan fingerprint density at radius 3 is 2.75 bits per heavy atom. The Labute approximate surface area is 307 Å². The number of fused-ring (bicyclic) bond motifs is 10. The van der Waals surface area contributed by atoms with Gasteiger partial charge in [0.15, 0.2) is 0 Å². The predicted molar refractivity (Wildman–Crippen MR) is 218 cm³/mol. The van der Waals surface area contributed by atoms with Crippen molar-refractivity contribution in [2.75, 3.05) is 4.90 Å². The van der Waals surface area contributed by atoms with Crippen LogP contribution in [0.1, 0.15) is 84.4 Å². The van der Waals surface area contributed by atoms with E-state index in [-0.39, 0.29) is 0 Å². The van der Waals surface area contributed by atoms with E-state index in [0.717, 1.165) is 49.9 Å². The molecule has 0 saturated carbocycles. The fourth-order valence-corrected chi connectivity index (χ4v) is 14.8. The van der Waals surface area contributed by atoms with E-state index < -0.39 is 8.80 Å². The zero-order chi connectivity index (χ0) is 33.6. The van der Waals surface area contributed by atoms with Gasteiger partial charge in [0.25, 0.3) is 0 Å². The molecule has 4 heteroatoms. The van der Waals surface area contributed by atoms with Gasteiger partial charge >= 0.3 is 0 Å². The normalized spacial score (nSPS) is 25.4. The number of rotatable bonds is 4. The first-order valence-corrected chi connectivity index (χ1v) is 22.5. The molecule has 11 rings (SSSR count). The van der Waals surface area contributed by atoms with Gasteiger partial charge in [-0.3, -0.25) is 0 Å². The maximum atomic E-state index is 6.53. The minimum Gasteiger partial charge on any atom is -0.456 e. The van der Waals surface area contributed by atoms with Crippen molar-refractivity contribution in [3.8, 4) is 0 Å². The molecule has 2 nitrogen and oxygen atoms in total. The molecule has 2 aliphatic heterocycles. The third-order valence-electron chi connectivity index (χ3n) is 12.9. The monoisotopic (exact) mass is 697 g/mol. The van der Waals surface area contributed by atoms with Gasteiger partial charge < -0.3 is 9.32 Å². The van der Waals surface area contributed by atoms with Gasteiger partial charge in [-0.2, -0.15) is 0 Å². The molecule has 0 saturated heterocycles. The summed E-state index contributed by atoms with van der Waals surface area (Å²) in [5.74, 6) is 2.12. The molecular formula is C47H43NOSSi. The van der Waals surface area contributed by atoms with E-state index in [1.165, 1.54) is 58.4 Å². The molecule has 0 N–H and O–H groups in total. The van der Waals surface area contributed by atoms with Crippen LogP contribution in [0.2, 0.25) is 6.55 Å². The number of aryl methyl sites for hydroxylation is 2. The second kappa shape index (κ2) is 11.9. The average Bonchev–Trinajstić information content (AvgIpc) is 3.85. The van der Waals surface area contributed by atoms with Crippen LogP contribution in [0, 0.1) is 5.92 Å². The summed E-state index contributed by atoms with van der Waals surface area (Å²) >= 11 is 2.12. The van der Waals surface area contributed by atoms with Crippen LogP contribution in [0.15, 0.2) is 129 Å². The van der Waals surface area contributed by atoms with Crippen LogP contribution in [0.4, 0.5) is 5.69 Å². The van der Waals surface area contributed by atoms with Gasteiger partial charge in [-0.1, -0.05) is 96.7 Å². The Bertz CT molecular complexity index is 2380. The average molecular weight is 698 g/mol. The smallest absolute Gasteiger partial charge is 0.137 e. The Morgan fingerprint density at radius 1 is 0.863 bits per heavy atom. The SMILES string of the molecule is C[SiH]1C2=C(C=C(N(C3=CCC(C4=CCCc5ccccc54)CC3)c3cccc4oc5c(c34)CCC=C5)CC2)c2c1ccc1c2SC2C=CC=CC12. The first-order valence-electron chi connectivity index (χ1n) is 19.3. The van der Waals surface area contributed by atoms with E-state index in [2.05, 4.69) is 132 Å². The van der Waals surface area contributed by atoms with Crippen molar-refractivity contribution in [1.29, 1.82) is 0 Å². The zero-order valence-corrected chi connectivity index (χ0v) is 31.3. The summed E-state index contributed by atoms with van der Waals surface area (Å²) in [6.07, 6.45) is 31.7. The second-order valence-electron chi connectivity index (χ2n) is 15.5. The van der Waals surface area contributed by atoms with Gasteiger partial charge in [-0.15, -0.1) is 11.8 Å². The molecule has 3 heterocycles. The van der Waals surface area contributed by atoms with Crippen molar-refractivity contribution in [3.63, 3.8) is 0 Å². The van der Waals surface area contributed by atoms with Gasteiger partial charge in [0.2, 0.25) is 0 Å². The molecule has 0 fully saturated rings. The van der Waals surface area contributed by atoms with Crippen molar-refractivity contribution in [2.24, 2.45) is 5.92 Å². The Morgan fingerprint density at radius 2 is 1.80 bits per heavy atom. The summed E-state index contributed by atoms with van der Waals surface area (Å²) in [7, 11) is -1.21. The predicted octanol–water partition coefficient (Wildman–Crippen LogP) is 11.3. The van der Waals surface area contributed by atoms with Gasteiger partial charge in [0.05, 0.1) is 14.5 Å². The van der Waals surface area contributed by atoms with E-state index in [4.69, 9.17) is 4.42 Å². The molecule has 4 aromatic rings. The maximum Gasteiger partial charge on any atom is 0.137 e. The summed E-state index contributed by atoms with van der Waals surface area (Å²) in [5, 5.41) is 5.28. The van der Waals surface area contributed by atoms with E-state index in [1.807, 2.05) is 0 Å². The molecule has 4 unspecified atom stereocenters. The molecule has 0 spiro atoms. The minimum absolute atomic E-state index is 0.496. The number of furan rings is 1. The lowest BCUT2D eigenvalue weighted by molar-refractivity contribution is 0.570. The quantitative estimate of drug-likeness (QED) is 0.198. The maximum absolute atomic E-state index is 6.53. The summed E-state index contributed by atoms with van der Waals surface area (Å²) < 4.78 is 6.53. The summed E-state index contributed by atoms with van der Waals surface area (Å²) in [6.45, 7) is 2.59. The molecule has 51 heavy (non-hydrogen) atoms. The third-order valence-corrected chi connectivity index (χ3v) is 17.3. The summed E-state index contributed by atoms with van der Waals surface area (Å²) in [4.78, 5) is 4.27. The van der Waals surface area contributed by atoms with Crippen LogP contribution in [-0.2, 0) is 12.8 Å². The van der Waals surface area contributed by atoms with Crippen molar-refractivity contribution in [3.05, 3.63) is 153 Å². The number of nitrogens with zero attached hydrogens (tertiary/aromatic N) is 1. The van der Waals surface area contributed by atoms with Crippen molar-refractivity contribution < 1.29 is 4.42 Å². The first-order chi connectivity index (χ1) is 25.2. The largest absolute Gasteiger partial charge is 0.456 e. The second-order valence-corrected chi connectivity index (χ2v) is 19.5. The Kier molecular flexibility index (Phi) is 7.09. The first kappa shape index (κ1) is 30.4. The lowest BCUT2D eigenvalue weighted by Gasteiger charge is -2.37. The van der Waals surface area contributed by atoms with Crippen molar-refractivity contribution in [1.82, 2.24) is 0 Å². The molecular weight excluding hydrogens is 655 g/mol. The van der Waals surface area contributed by atoms with Crippen molar-refractivity contribution >= 4 is 59.6 Å². The highest BCUT2D eigenvalue weighted by atomic mass is 32.2. The van der Waals surface area contributed by atoms with Crippen LogP contribution >= 0.6 is 11.8 Å². The number of anilines is 1. The molecule has 7 aliphatic rings. The van der Waals surface area contributed by atoms with E-state index in [1.54, 1.807) is 37.6 Å². The van der Waals surface area contributed by atoms with E-state index in [0.29, 0.717) is 17.1 Å². The molecule has 4 atom stereocenters. The van der Waals surface area contributed by atoms with Crippen LogP contribution in [0.3, 0.4) is 0 Å². The molecule has 0 amide bonds. The number of thioether (sulfide) groups is 1. The van der Waals surface area contributed by atoms with Gasteiger partial charge in [0, 0.05) is 38.4 Å². The van der Waals surface area contributed by atoms with Crippen molar-refractivity contribution in [2.45, 2.75) is 80.4 Å². The number of hydrogen-bond donors (Lipinski definition) is 0. The summed E-state index contributed by atoms with van der Waals surface area (Å²) in [5.41, 5.74) is 15.9. The Balaban J connectivity index is 1.04. The number of allylic oxidation sites excluding steroid dienone is 12. The summed E-state index contributed by atoms with van der Waals surface area (Å²) in [6, 6.07) is 20.9. The lowest BCUT2D eigenvalue weighted by atomic mass is 9.78. The number of hydrogen-bond acceptors (Lipinski definition) is 3. The third kappa shape index (κ3) is 4.68. The van der Waals surface area contributed by atoms with Crippen LogP contribution < -0.4 is 10.1 Å². The minimum atomic E-state index is -1.21. The van der Waals surface area contributed by atoms with E-state index >= 15 is 0 Å². The standard InChI is InChI=1S/C47H43NOSSi/c1-51-43-26-24-32(28-38(43)46-44(51)27-25-36-35-13-5-7-19-42(35)50-47(36)46)48(39-16-9-18-41-45(39)37-14-4-6-17-40(37)49-41)31-22-20-30(21-23-31)34-15-8-11-29-10-2-3-12-33(29)34/h2-3,5-7,9-10,12-13,15-19,22,25,27-28,30,35,42,51H,4,8,11,14,20-21,23-24,26H2,1H3. The molecule has 0 radical (unpaired) electrons. The molecule has 252 valence electrons. The highest BCUT2D eigenvalue weighted by Gasteiger charge is 2.40. The van der Waals surface area contributed by atoms with Gasteiger partial charge in [-0.25, -0.2) is 0 Å². The van der Waals surface area contributed by atoms with Gasteiger partial charge in [-0.05, 0) is 127 Å². The highest BCUT2D eigenvalue weighted by molar-refractivity contribution is 8.00. The topological polar surface area (TPSA) is 16.4 Å². The highest BCUT2D eigenvalue weighted by Crippen LogP contribution is 2.54. The fraction of sp³-hybridized carbons (Fsp3) is 0.277. The molecule has 0 bridgehead atoms. The lowest BCUT2D eigenvalue weighted by Crippen LogP contribution is -2.28. The van der Waals surface area contributed by atoms with Crippen LogP contribution in [0.5, 0.6) is 0 Å². The number of benzene rings is 3. The van der Waals surface area contributed by atoms with Gasteiger partial charge in [0.1, 0.15) is 11.3 Å². The molecule has 5 aliphatic carbocycles. The van der Waals surface area contributed by atoms with Crippen LogP contribution in [-0.4, -0.2) is 14.0 Å². The fourth-order valence-electron chi connectivity index (χ4n) is 10.4. The molecule has 3 aromatic carbocycles. The Hall–Kier alpha value is -4.25. The van der Waals surface area contributed by atoms with E-state index in [9.17, 15) is 0 Å². The molecule has 1 aromatic heterocycles. The van der Waals surface area contributed by atoms with Crippen LogP contribution in [0.25, 0.3) is 28.2 Å². The zero-order valence-electron chi connectivity index (χ0n) is 29.3.